The van der Waals surface area contributed by atoms with Gasteiger partial charge in [0.25, 0.3) is 0 Å². The smallest absolute Gasteiger partial charge is 0.362 e. The van der Waals surface area contributed by atoms with Crippen molar-refractivity contribution in [1.29, 1.82) is 0 Å². The highest BCUT2D eigenvalue weighted by atomic mass is 28.4. The summed E-state index contributed by atoms with van der Waals surface area (Å²) in [5.41, 5.74) is 8.19. The molecule has 2 aliphatic carbocycles. The summed E-state index contributed by atoms with van der Waals surface area (Å²) < 4.78 is 13.1. The van der Waals surface area contributed by atoms with Gasteiger partial charge in [-0.3, -0.25) is 0 Å². The van der Waals surface area contributed by atoms with Crippen LogP contribution in [0.4, 0.5) is 0 Å². The predicted molar refractivity (Wildman–Crippen MR) is 115 cm³/mol. The SMILES string of the molecule is C=CCO[Si](OC)(C1C(C)=Cc2ccccc21)C1C(C)=Cc2ccccc21. The van der Waals surface area contributed by atoms with E-state index in [4.69, 9.17) is 8.85 Å². The Morgan fingerprint density at radius 1 is 0.889 bits per heavy atom. The maximum absolute atomic E-state index is 6.67. The first-order chi connectivity index (χ1) is 13.1. The van der Waals surface area contributed by atoms with Crippen molar-refractivity contribution >= 4 is 20.7 Å². The molecule has 0 radical (unpaired) electrons. The van der Waals surface area contributed by atoms with E-state index >= 15 is 0 Å². The van der Waals surface area contributed by atoms with Crippen molar-refractivity contribution in [1.82, 2.24) is 0 Å². The van der Waals surface area contributed by atoms with Gasteiger partial charge in [-0.05, 0) is 36.1 Å². The highest BCUT2D eigenvalue weighted by molar-refractivity contribution is 6.72. The van der Waals surface area contributed by atoms with E-state index in [2.05, 4.69) is 81.1 Å². The molecule has 0 aromatic heterocycles. The minimum absolute atomic E-state index is 0.165. The van der Waals surface area contributed by atoms with E-state index < -0.39 is 8.56 Å². The minimum Gasteiger partial charge on any atom is -0.397 e. The van der Waals surface area contributed by atoms with E-state index in [-0.39, 0.29) is 11.1 Å². The van der Waals surface area contributed by atoms with Crippen LogP contribution < -0.4 is 0 Å². The van der Waals surface area contributed by atoms with Gasteiger partial charge >= 0.3 is 8.56 Å². The van der Waals surface area contributed by atoms with Gasteiger partial charge in [-0.2, -0.15) is 0 Å². The molecule has 0 amide bonds. The summed E-state index contributed by atoms with van der Waals surface area (Å²) in [7, 11) is -0.930. The maximum Gasteiger partial charge on any atom is 0.362 e. The number of hydrogen-bond donors (Lipinski definition) is 0. The number of fused-ring (bicyclic) bond motifs is 2. The Kier molecular flexibility index (Phi) is 4.77. The molecule has 3 heteroatoms. The van der Waals surface area contributed by atoms with Crippen molar-refractivity contribution in [2.75, 3.05) is 13.7 Å². The average molecular weight is 375 g/mol. The lowest BCUT2D eigenvalue weighted by Gasteiger charge is -2.41. The average Bonchev–Trinajstić information content (AvgIpc) is 3.20. The summed E-state index contributed by atoms with van der Waals surface area (Å²) in [5, 5.41) is 0. The van der Waals surface area contributed by atoms with Gasteiger partial charge in [-0.1, -0.05) is 77.9 Å². The summed E-state index contributed by atoms with van der Waals surface area (Å²) in [6.07, 6.45) is 6.41. The molecule has 138 valence electrons. The zero-order valence-corrected chi connectivity index (χ0v) is 17.2. The lowest BCUT2D eigenvalue weighted by atomic mass is 10.1. The topological polar surface area (TPSA) is 18.5 Å². The van der Waals surface area contributed by atoms with Crippen LogP contribution in [0.25, 0.3) is 12.2 Å². The van der Waals surface area contributed by atoms with Gasteiger partial charge < -0.3 is 8.85 Å². The van der Waals surface area contributed by atoms with Crippen LogP contribution in [0.15, 0.2) is 72.3 Å². The van der Waals surface area contributed by atoms with E-state index in [1.165, 1.54) is 33.4 Å². The van der Waals surface area contributed by atoms with E-state index in [9.17, 15) is 0 Å². The lowest BCUT2D eigenvalue weighted by molar-refractivity contribution is 0.205. The van der Waals surface area contributed by atoms with Gasteiger partial charge in [0, 0.05) is 7.11 Å². The Bertz CT molecular complexity index is 873. The van der Waals surface area contributed by atoms with Gasteiger partial charge in [-0.25, -0.2) is 0 Å². The molecule has 0 fully saturated rings. The predicted octanol–water partition coefficient (Wildman–Crippen LogP) is 5.76. The van der Waals surface area contributed by atoms with Crippen LogP contribution in [0, 0.1) is 0 Å². The molecule has 0 heterocycles. The van der Waals surface area contributed by atoms with Gasteiger partial charge in [-0.15, -0.1) is 6.58 Å². The molecule has 4 rings (SSSR count). The molecule has 0 saturated heterocycles. The van der Waals surface area contributed by atoms with Gasteiger partial charge in [0.05, 0.1) is 17.7 Å². The second-order valence-electron chi connectivity index (χ2n) is 7.43. The van der Waals surface area contributed by atoms with Crippen molar-refractivity contribution in [2.24, 2.45) is 0 Å². The Morgan fingerprint density at radius 2 is 1.37 bits per heavy atom. The lowest BCUT2D eigenvalue weighted by Crippen LogP contribution is -2.53. The summed E-state index contributed by atoms with van der Waals surface area (Å²) in [6, 6.07) is 17.3. The molecule has 0 saturated carbocycles. The Morgan fingerprint density at radius 3 is 1.81 bits per heavy atom. The first kappa shape index (κ1) is 18.2. The number of benzene rings is 2. The third-order valence-electron chi connectivity index (χ3n) is 5.84. The summed E-state index contributed by atoms with van der Waals surface area (Å²) in [5.74, 6) is 0. The van der Waals surface area contributed by atoms with Crippen LogP contribution >= 0.6 is 0 Å². The Balaban J connectivity index is 1.91. The quantitative estimate of drug-likeness (QED) is 0.473. The van der Waals surface area contributed by atoms with Crippen molar-refractivity contribution in [3.05, 3.63) is 94.6 Å². The van der Waals surface area contributed by atoms with Crippen LogP contribution in [-0.4, -0.2) is 22.3 Å². The van der Waals surface area contributed by atoms with Crippen molar-refractivity contribution in [3.8, 4) is 0 Å². The number of allylic oxidation sites excluding steroid dienone is 2. The Labute approximate surface area is 163 Å². The first-order valence-electron chi connectivity index (χ1n) is 9.46. The van der Waals surface area contributed by atoms with Crippen LogP contribution in [0.1, 0.15) is 47.2 Å². The number of hydrogen-bond acceptors (Lipinski definition) is 2. The van der Waals surface area contributed by atoms with Crippen LogP contribution in [0.5, 0.6) is 0 Å². The van der Waals surface area contributed by atoms with Crippen molar-refractivity contribution < 1.29 is 8.85 Å². The zero-order chi connectivity index (χ0) is 19.0. The van der Waals surface area contributed by atoms with Gasteiger partial charge in [0.15, 0.2) is 0 Å². The summed E-state index contributed by atoms with van der Waals surface area (Å²) in [6.45, 7) is 8.81. The largest absolute Gasteiger partial charge is 0.397 e. The zero-order valence-electron chi connectivity index (χ0n) is 16.2. The van der Waals surface area contributed by atoms with Crippen LogP contribution in [-0.2, 0) is 8.85 Å². The normalized spacial score (nSPS) is 22.5. The van der Waals surface area contributed by atoms with E-state index in [0.717, 1.165) is 0 Å². The fourth-order valence-electron chi connectivity index (χ4n) is 4.84. The third kappa shape index (κ3) is 2.78. The molecule has 2 atom stereocenters. The maximum atomic E-state index is 6.67. The highest BCUT2D eigenvalue weighted by Crippen LogP contribution is 2.52. The van der Waals surface area contributed by atoms with Crippen LogP contribution in [0.2, 0.25) is 0 Å². The summed E-state index contributed by atoms with van der Waals surface area (Å²) >= 11 is 0. The van der Waals surface area contributed by atoms with E-state index in [1.807, 2.05) is 13.2 Å². The molecule has 2 aromatic rings. The standard InChI is InChI=1S/C24H26O2Si/c1-5-14-26-27(25-4,23-17(2)15-19-10-6-8-12-21(19)23)24-18(3)16-20-11-7-9-13-22(20)24/h5-13,15-16,23-24H,1,14H2,2-4H3. The van der Waals surface area contributed by atoms with E-state index in [1.54, 1.807) is 0 Å². The van der Waals surface area contributed by atoms with E-state index in [0.29, 0.717) is 6.61 Å². The molecule has 0 spiro atoms. The Hall–Kier alpha value is -2.20. The fraction of sp³-hybridized carbons (Fsp3) is 0.250. The molecule has 27 heavy (non-hydrogen) atoms. The van der Waals surface area contributed by atoms with Gasteiger partial charge in [0.1, 0.15) is 0 Å². The molecule has 2 aromatic carbocycles. The summed E-state index contributed by atoms with van der Waals surface area (Å²) in [4.78, 5) is 0. The van der Waals surface area contributed by atoms with Crippen molar-refractivity contribution in [3.63, 3.8) is 0 Å². The number of rotatable bonds is 6. The second kappa shape index (κ2) is 7.08. The second-order valence-corrected chi connectivity index (χ2v) is 10.7. The molecule has 0 N–H and O–H groups in total. The van der Waals surface area contributed by atoms with Gasteiger partial charge in [0.2, 0.25) is 0 Å². The molecular weight excluding hydrogens is 348 g/mol. The highest BCUT2D eigenvalue weighted by Gasteiger charge is 2.57. The monoisotopic (exact) mass is 374 g/mol. The van der Waals surface area contributed by atoms with Crippen LogP contribution in [0.3, 0.4) is 0 Å². The molecule has 2 nitrogen and oxygen atoms in total. The third-order valence-corrected chi connectivity index (χ3v) is 10.2. The molecule has 0 aliphatic heterocycles. The first-order valence-corrected chi connectivity index (χ1v) is 11.4. The minimum atomic E-state index is -2.76. The molecular formula is C24H26O2Si. The molecule has 2 aliphatic rings. The molecule has 0 bridgehead atoms. The molecule has 2 unspecified atom stereocenters. The van der Waals surface area contributed by atoms with Crippen molar-refractivity contribution in [2.45, 2.75) is 24.9 Å². The fourth-order valence-corrected chi connectivity index (χ4v) is 9.31.